The van der Waals surface area contributed by atoms with Crippen molar-refractivity contribution in [1.82, 2.24) is 0 Å². The van der Waals surface area contributed by atoms with E-state index in [2.05, 4.69) is 60.9 Å². The third-order valence-electron chi connectivity index (χ3n) is 10.3. The van der Waals surface area contributed by atoms with Crippen LogP contribution in [0, 0.1) is 11.8 Å². The van der Waals surface area contributed by atoms with Crippen LogP contribution < -0.4 is 0 Å². The van der Waals surface area contributed by atoms with Gasteiger partial charge in [0.1, 0.15) is 18.5 Å². The maximum atomic E-state index is 12.8. The number of allylic oxidation sites excluding steroid dienone is 10. The minimum atomic E-state index is -4.74. The molecule has 0 aliphatic heterocycles. The fraction of sp³-hybridized carbons (Fsp3) is 0.688. The molecule has 0 amide bonds. The first-order chi connectivity index (χ1) is 30.3. The molecule has 1 aliphatic rings. The third kappa shape index (κ3) is 31.5. The number of ether oxygens (including phenoxy) is 2. The number of esters is 2. The Balaban J connectivity index is 2.52. The summed E-state index contributed by atoms with van der Waals surface area (Å²) >= 11 is 0. The van der Waals surface area contributed by atoms with E-state index in [-0.39, 0.29) is 37.9 Å². The summed E-state index contributed by atoms with van der Waals surface area (Å²) in [7, 11) is -4.74. The molecular formula is C48H79O14P. The summed E-state index contributed by atoms with van der Waals surface area (Å²) in [6, 6.07) is 0. The number of aliphatic hydroxyl groups is 5. The summed E-state index contributed by atoms with van der Waals surface area (Å²) in [6.45, 7) is 1.72. The van der Waals surface area contributed by atoms with Crippen LogP contribution in [0.5, 0.6) is 0 Å². The second-order valence-corrected chi connectivity index (χ2v) is 17.5. The molecule has 0 bridgehead atoms. The number of Topliss-reactive ketones (excluding diaryl/α,β-unsaturated/α-hetero) is 1. The van der Waals surface area contributed by atoms with E-state index in [0.717, 1.165) is 44.9 Å². The van der Waals surface area contributed by atoms with Gasteiger partial charge in [0.05, 0.1) is 38.1 Å². The van der Waals surface area contributed by atoms with E-state index in [1.54, 1.807) is 12.2 Å². The molecule has 63 heavy (non-hydrogen) atoms. The minimum absolute atomic E-state index is 0.0194. The topological polar surface area (TPSA) is 227 Å². The number of hydrogen-bond acceptors (Lipinski definition) is 13. The van der Waals surface area contributed by atoms with Gasteiger partial charge in [-0.3, -0.25) is 23.4 Å². The number of carbonyl (C=O) groups is 3. The molecule has 0 spiro atoms. The molecule has 1 aliphatic carbocycles. The minimum Gasteiger partial charge on any atom is -0.462 e. The predicted octanol–water partition coefficient (Wildman–Crippen LogP) is 8.01. The van der Waals surface area contributed by atoms with Crippen LogP contribution in [0.4, 0.5) is 0 Å². The summed E-state index contributed by atoms with van der Waals surface area (Å²) in [5.74, 6) is -2.38. The van der Waals surface area contributed by atoms with Gasteiger partial charge in [0.15, 0.2) is 6.10 Å². The van der Waals surface area contributed by atoms with Gasteiger partial charge < -0.3 is 39.9 Å². The second-order valence-electron chi connectivity index (χ2n) is 16.0. The second kappa shape index (κ2) is 37.2. The van der Waals surface area contributed by atoms with Crippen LogP contribution in [0.25, 0.3) is 0 Å². The molecule has 6 N–H and O–H groups in total. The molecule has 8 atom stereocenters. The maximum absolute atomic E-state index is 12.8. The first kappa shape index (κ1) is 58.0. The largest absolute Gasteiger partial charge is 0.472 e. The number of carbonyl (C=O) groups excluding carboxylic acids is 3. The molecule has 0 radical (unpaired) electrons. The van der Waals surface area contributed by atoms with Gasteiger partial charge in [-0.1, -0.05) is 119 Å². The summed E-state index contributed by atoms with van der Waals surface area (Å²) in [5.41, 5.74) is 0. The molecule has 0 saturated heterocycles. The molecule has 0 aromatic rings. The van der Waals surface area contributed by atoms with Crippen LogP contribution in [0.2, 0.25) is 0 Å². The van der Waals surface area contributed by atoms with E-state index in [1.807, 2.05) is 18.2 Å². The molecule has 360 valence electrons. The smallest absolute Gasteiger partial charge is 0.462 e. The van der Waals surface area contributed by atoms with E-state index >= 15 is 0 Å². The number of aliphatic hydroxyl groups excluding tert-OH is 5. The number of hydrogen-bond donors (Lipinski definition) is 6. The molecule has 1 unspecified atom stereocenters. The van der Waals surface area contributed by atoms with Crippen molar-refractivity contribution in [2.75, 3.05) is 26.4 Å². The van der Waals surface area contributed by atoms with Crippen LogP contribution in [-0.4, -0.2) is 105 Å². The molecule has 1 rings (SSSR count). The average molecular weight is 911 g/mol. The van der Waals surface area contributed by atoms with E-state index in [9.17, 15) is 44.3 Å². The van der Waals surface area contributed by atoms with Gasteiger partial charge in [0.2, 0.25) is 0 Å². The van der Waals surface area contributed by atoms with Crippen LogP contribution in [0.15, 0.2) is 72.9 Å². The lowest BCUT2D eigenvalue weighted by molar-refractivity contribution is -0.161. The highest BCUT2D eigenvalue weighted by atomic mass is 31.2. The summed E-state index contributed by atoms with van der Waals surface area (Å²) < 4.78 is 32.5. The van der Waals surface area contributed by atoms with Gasteiger partial charge in [-0.25, -0.2) is 4.57 Å². The van der Waals surface area contributed by atoms with Gasteiger partial charge in [-0.2, -0.15) is 0 Å². The maximum Gasteiger partial charge on any atom is 0.472 e. The number of phosphoric acid groups is 1. The Hall–Kier alpha value is -3.04. The average Bonchev–Trinajstić information content (AvgIpc) is 3.52. The van der Waals surface area contributed by atoms with Crippen LogP contribution in [-0.2, 0) is 37.5 Å². The van der Waals surface area contributed by atoms with Crippen LogP contribution in [0.3, 0.4) is 0 Å². The van der Waals surface area contributed by atoms with Crippen LogP contribution >= 0.6 is 7.82 Å². The van der Waals surface area contributed by atoms with Crippen LogP contribution in [0.1, 0.15) is 142 Å². The fourth-order valence-electron chi connectivity index (χ4n) is 6.68. The fourth-order valence-corrected chi connectivity index (χ4v) is 7.47. The van der Waals surface area contributed by atoms with E-state index in [0.29, 0.717) is 32.1 Å². The molecule has 0 heterocycles. The van der Waals surface area contributed by atoms with Gasteiger partial charge in [0, 0.05) is 43.9 Å². The Morgan fingerprint density at radius 2 is 1.25 bits per heavy atom. The lowest BCUT2D eigenvalue weighted by atomic mass is 9.87. The van der Waals surface area contributed by atoms with Gasteiger partial charge >= 0.3 is 19.8 Å². The highest BCUT2D eigenvalue weighted by Crippen LogP contribution is 2.43. The zero-order valence-corrected chi connectivity index (χ0v) is 38.7. The van der Waals surface area contributed by atoms with Crippen molar-refractivity contribution in [1.29, 1.82) is 0 Å². The lowest BCUT2D eigenvalue weighted by Crippen LogP contribution is -2.29. The number of unbranched alkanes of at least 4 members (excludes halogenated alkanes) is 6. The van der Waals surface area contributed by atoms with Gasteiger partial charge in [0.25, 0.3) is 0 Å². The summed E-state index contributed by atoms with van der Waals surface area (Å²) in [4.78, 5) is 48.0. The molecule has 15 heteroatoms. The van der Waals surface area contributed by atoms with E-state index in [1.165, 1.54) is 19.3 Å². The highest BCUT2D eigenvalue weighted by molar-refractivity contribution is 7.47. The molecule has 0 aromatic carbocycles. The summed E-state index contributed by atoms with van der Waals surface area (Å²) in [5, 5.41) is 49.7. The first-order valence-electron chi connectivity index (χ1n) is 23.1. The molecule has 0 aromatic heterocycles. The highest BCUT2D eigenvalue weighted by Gasteiger charge is 2.41. The Kier molecular flexibility index (Phi) is 34.2. The van der Waals surface area contributed by atoms with Crippen molar-refractivity contribution in [2.24, 2.45) is 11.8 Å². The summed E-state index contributed by atoms with van der Waals surface area (Å²) in [6.07, 6.45) is 32.3. The normalized spacial score (nSPS) is 20.8. The van der Waals surface area contributed by atoms with Crippen molar-refractivity contribution < 1.29 is 67.9 Å². The zero-order valence-electron chi connectivity index (χ0n) is 37.8. The zero-order chi connectivity index (χ0) is 46.6. The molecule has 1 fully saturated rings. The number of rotatable bonds is 38. The van der Waals surface area contributed by atoms with Gasteiger partial charge in [-0.15, -0.1) is 0 Å². The van der Waals surface area contributed by atoms with E-state index in [4.69, 9.17) is 19.1 Å². The van der Waals surface area contributed by atoms with Crippen molar-refractivity contribution in [2.45, 2.75) is 173 Å². The number of phosphoric ester groups is 1. The Morgan fingerprint density at radius 3 is 1.87 bits per heavy atom. The quantitative estimate of drug-likeness (QED) is 0.0149. The molecule has 14 nitrogen and oxygen atoms in total. The predicted molar refractivity (Wildman–Crippen MR) is 244 cm³/mol. The lowest BCUT2D eigenvalue weighted by Gasteiger charge is -2.20. The van der Waals surface area contributed by atoms with Gasteiger partial charge in [-0.05, 0) is 64.2 Å². The molecular weight excluding hydrogens is 831 g/mol. The number of ketones is 1. The van der Waals surface area contributed by atoms with E-state index < -0.39 is 88.5 Å². The van der Waals surface area contributed by atoms with Crippen molar-refractivity contribution in [3.63, 3.8) is 0 Å². The Morgan fingerprint density at radius 1 is 0.683 bits per heavy atom. The van der Waals surface area contributed by atoms with Crippen molar-refractivity contribution in [3.05, 3.63) is 72.9 Å². The SMILES string of the molecule is CCCCC/C=C\C/C=C\C/C=C\C/C=C\C/C=C\CCC(=O)O[C@H](COC(=O)CCCCC(=O)C[C@@H]1[C@@H](/C=C/[C@@H](O)CCCCC)[C@H](O)C[C@@H]1O)COP(=O)(O)OC[C@@H](O)CO. The van der Waals surface area contributed by atoms with Crippen molar-refractivity contribution in [3.8, 4) is 0 Å². The molecule has 1 saturated carbocycles. The Bertz CT molecular complexity index is 1460. The third-order valence-corrected chi connectivity index (χ3v) is 11.3. The van der Waals surface area contributed by atoms with Crippen molar-refractivity contribution >= 4 is 25.5 Å². The monoisotopic (exact) mass is 911 g/mol. The standard InChI is InChI=1S/C48H79O14P/c1-3-5-7-8-9-10-11-12-13-14-15-16-17-18-19-20-21-22-24-30-48(56)62-42(38-61-63(57,58)60-36-41(52)35-49)37-59-47(55)29-26-25-28-40(51)33-44-43(45(53)34-46(44)54)32-31-39(50)27-23-6-4-2/h9-10,12-13,15-16,18-19,21-22,31-32,39,41-46,49-50,52-54H,3-8,11,14,17,20,23-30,33-38H2,1-2H3,(H,57,58)/b10-9-,13-12-,16-15-,19-18-,22-21-,32-31+/t39-,41-,42+,43+,44+,45+,46-/m0/s1. The Labute approximate surface area is 376 Å². The first-order valence-corrected chi connectivity index (χ1v) is 24.6.